The maximum absolute atomic E-state index is 12.6. The highest BCUT2D eigenvalue weighted by Gasteiger charge is 2.50. The Labute approximate surface area is 162 Å². The molecule has 2 heterocycles. The number of hydrogen-bond donors (Lipinski definition) is 0. The zero-order valence-corrected chi connectivity index (χ0v) is 16.6. The summed E-state index contributed by atoms with van der Waals surface area (Å²) in [6.07, 6.45) is 10.8. The number of hydrogen-bond acceptors (Lipinski definition) is 4. The fraction of sp³-hybridized carbons (Fsp3) is 0.565. The van der Waals surface area contributed by atoms with E-state index < -0.39 is 0 Å². The first kappa shape index (κ1) is 18.4. The van der Waals surface area contributed by atoms with Crippen LogP contribution in [-0.2, 0) is 16.0 Å². The van der Waals surface area contributed by atoms with E-state index in [1.165, 1.54) is 11.1 Å². The minimum Gasteiger partial charge on any atom is -0.461 e. The standard InChI is InChI=1S/C23H30N2O2/c1-16-7-6-10-23(2)14-21-18(13-20(16)23)19(22(26)27-21)15-25(3)12-9-17-8-4-5-11-24-17/h4-5,7-8,11,13,18-19,21H,6,9-10,12,14-15H2,1-3H3. The summed E-state index contributed by atoms with van der Waals surface area (Å²) >= 11 is 0. The molecule has 4 nitrogen and oxygen atoms in total. The maximum Gasteiger partial charge on any atom is 0.311 e. The lowest BCUT2D eigenvalue weighted by Crippen LogP contribution is -2.38. The van der Waals surface area contributed by atoms with Gasteiger partial charge in [-0.15, -0.1) is 0 Å². The third kappa shape index (κ3) is 3.60. The van der Waals surface area contributed by atoms with Crippen molar-refractivity contribution in [2.24, 2.45) is 17.3 Å². The average Bonchev–Trinajstić information content (AvgIpc) is 2.93. The summed E-state index contributed by atoms with van der Waals surface area (Å²) in [4.78, 5) is 19.3. The molecule has 1 aromatic heterocycles. The van der Waals surface area contributed by atoms with Crippen LogP contribution < -0.4 is 0 Å². The van der Waals surface area contributed by atoms with Gasteiger partial charge in [0.1, 0.15) is 6.10 Å². The number of likely N-dealkylation sites (N-methyl/N-ethyl adjacent to an activating group) is 1. The van der Waals surface area contributed by atoms with Crippen molar-refractivity contribution in [2.45, 2.75) is 45.6 Å². The Hall–Kier alpha value is -1.94. The molecule has 1 aromatic rings. The Morgan fingerprint density at radius 1 is 1.37 bits per heavy atom. The summed E-state index contributed by atoms with van der Waals surface area (Å²) < 4.78 is 5.85. The Morgan fingerprint density at radius 3 is 3.00 bits per heavy atom. The number of carbonyl (C=O) groups is 1. The number of pyridine rings is 1. The Balaban J connectivity index is 1.46. The van der Waals surface area contributed by atoms with Gasteiger partial charge in [-0.3, -0.25) is 9.78 Å². The van der Waals surface area contributed by atoms with Gasteiger partial charge in [0.2, 0.25) is 0 Å². The van der Waals surface area contributed by atoms with E-state index in [1.54, 1.807) is 0 Å². The molecule has 27 heavy (non-hydrogen) atoms. The number of nitrogens with zero attached hydrogens (tertiary/aromatic N) is 2. The van der Waals surface area contributed by atoms with Crippen LogP contribution in [-0.4, -0.2) is 42.1 Å². The van der Waals surface area contributed by atoms with Crippen molar-refractivity contribution in [3.8, 4) is 0 Å². The topological polar surface area (TPSA) is 42.4 Å². The van der Waals surface area contributed by atoms with E-state index in [9.17, 15) is 4.79 Å². The van der Waals surface area contributed by atoms with Crippen molar-refractivity contribution in [2.75, 3.05) is 20.1 Å². The molecule has 0 amide bonds. The van der Waals surface area contributed by atoms with Gasteiger partial charge in [0.05, 0.1) is 5.92 Å². The molecule has 0 aromatic carbocycles. The number of carbonyl (C=O) groups excluding carboxylic acids is 1. The number of aromatic nitrogens is 1. The minimum atomic E-state index is -0.0597. The van der Waals surface area contributed by atoms with Crippen LogP contribution in [0.25, 0.3) is 0 Å². The second-order valence-electron chi connectivity index (χ2n) is 8.76. The third-order valence-electron chi connectivity index (χ3n) is 6.68. The number of allylic oxidation sites excluding steroid dienone is 3. The summed E-state index contributed by atoms with van der Waals surface area (Å²) in [7, 11) is 2.09. The van der Waals surface area contributed by atoms with Crippen LogP contribution in [0, 0.1) is 17.3 Å². The van der Waals surface area contributed by atoms with Crippen LogP contribution in [0.15, 0.2) is 47.7 Å². The lowest BCUT2D eigenvalue weighted by Gasteiger charge is -2.43. The highest BCUT2D eigenvalue weighted by molar-refractivity contribution is 5.76. The molecule has 0 N–H and O–H groups in total. The number of fused-ring (bicyclic) bond motifs is 2. The van der Waals surface area contributed by atoms with Crippen LogP contribution in [0.2, 0.25) is 0 Å². The molecule has 144 valence electrons. The van der Waals surface area contributed by atoms with Crippen molar-refractivity contribution in [1.82, 2.24) is 9.88 Å². The number of ether oxygens (including phenoxy) is 1. The van der Waals surface area contributed by atoms with Crippen molar-refractivity contribution >= 4 is 5.97 Å². The summed E-state index contributed by atoms with van der Waals surface area (Å²) in [5, 5.41) is 0. The van der Waals surface area contributed by atoms with Gasteiger partial charge in [-0.25, -0.2) is 0 Å². The van der Waals surface area contributed by atoms with Gasteiger partial charge in [-0.1, -0.05) is 30.7 Å². The molecule has 1 fully saturated rings. The van der Waals surface area contributed by atoms with Gasteiger partial charge >= 0.3 is 5.97 Å². The molecule has 4 rings (SSSR count). The lowest BCUT2D eigenvalue weighted by molar-refractivity contribution is -0.145. The van der Waals surface area contributed by atoms with E-state index in [1.807, 2.05) is 18.3 Å². The summed E-state index contributed by atoms with van der Waals surface area (Å²) in [5.41, 5.74) is 4.10. The van der Waals surface area contributed by atoms with Crippen molar-refractivity contribution in [3.05, 3.63) is 53.4 Å². The fourth-order valence-electron chi connectivity index (χ4n) is 5.12. The van der Waals surface area contributed by atoms with Gasteiger partial charge in [0, 0.05) is 37.3 Å². The molecule has 0 spiro atoms. The minimum absolute atomic E-state index is 0.0181. The van der Waals surface area contributed by atoms with Crippen molar-refractivity contribution < 1.29 is 9.53 Å². The van der Waals surface area contributed by atoms with E-state index >= 15 is 0 Å². The van der Waals surface area contributed by atoms with Gasteiger partial charge < -0.3 is 9.64 Å². The molecule has 4 unspecified atom stereocenters. The van der Waals surface area contributed by atoms with Crippen molar-refractivity contribution in [3.63, 3.8) is 0 Å². The molecular formula is C23H30N2O2. The van der Waals surface area contributed by atoms with E-state index in [-0.39, 0.29) is 29.3 Å². The Morgan fingerprint density at radius 2 is 2.22 bits per heavy atom. The molecule has 4 heteroatoms. The molecular weight excluding hydrogens is 336 g/mol. The Kier molecular flexibility index (Phi) is 4.94. The Bertz CT molecular complexity index is 770. The summed E-state index contributed by atoms with van der Waals surface area (Å²) in [5.74, 6) is 0.130. The SMILES string of the molecule is CC1=CCCC2(C)CC3OC(=O)C(CN(C)CCc4ccccn4)C3C=C12. The first-order chi connectivity index (χ1) is 13.0. The van der Waals surface area contributed by atoms with Gasteiger partial charge in [0.15, 0.2) is 0 Å². The first-order valence-electron chi connectivity index (χ1n) is 10.1. The first-order valence-corrected chi connectivity index (χ1v) is 10.1. The zero-order valence-electron chi connectivity index (χ0n) is 16.6. The van der Waals surface area contributed by atoms with Gasteiger partial charge in [0.25, 0.3) is 0 Å². The van der Waals surface area contributed by atoms with E-state index in [0.717, 1.165) is 44.5 Å². The zero-order chi connectivity index (χ0) is 19.0. The van der Waals surface area contributed by atoms with E-state index in [0.29, 0.717) is 0 Å². The normalized spacial score (nSPS) is 32.4. The van der Waals surface area contributed by atoms with Gasteiger partial charge in [-0.2, -0.15) is 0 Å². The van der Waals surface area contributed by atoms with E-state index in [2.05, 4.69) is 49.0 Å². The molecule has 0 bridgehead atoms. The maximum atomic E-state index is 12.6. The molecule has 1 saturated heterocycles. The highest BCUT2D eigenvalue weighted by atomic mass is 16.6. The quantitative estimate of drug-likeness (QED) is 0.744. The monoisotopic (exact) mass is 366 g/mol. The predicted octanol–water partition coefficient (Wildman–Crippen LogP) is 3.79. The second-order valence-corrected chi connectivity index (χ2v) is 8.76. The fourth-order valence-corrected chi connectivity index (χ4v) is 5.12. The summed E-state index contributed by atoms with van der Waals surface area (Å²) in [6.45, 7) is 6.20. The van der Waals surface area contributed by atoms with Crippen LogP contribution in [0.3, 0.4) is 0 Å². The van der Waals surface area contributed by atoms with Crippen LogP contribution >= 0.6 is 0 Å². The molecule has 2 aliphatic carbocycles. The van der Waals surface area contributed by atoms with Crippen LogP contribution in [0.1, 0.15) is 38.8 Å². The summed E-state index contributed by atoms with van der Waals surface area (Å²) in [6, 6.07) is 6.01. The number of esters is 1. The third-order valence-corrected chi connectivity index (χ3v) is 6.68. The molecule has 0 saturated carbocycles. The second kappa shape index (κ2) is 7.23. The van der Waals surface area contributed by atoms with Crippen molar-refractivity contribution in [1.29, 1.82) is 0 Å². The highest BCUT2D eigenvalue weighted by Crippen LogP contribution is 2.52. The number of rotatable bonds is 5. The lowest BCUT2D eigenvalue weighted by atomic mass is 9.62. The van der Waals surface area contributed by atoms with Gasteiger partial charge in [-0.05, 0) is 56.4 Å². The molecule has 4 atom stereocenters. The molecule has 3 aliphatic rings. The average molecular weight is 367 g/mol. The smallest absolute Gasteiger partial charge is 0.311 e. The molecule has 0 radical (unpaired) electrons. The largest absolute Gasteiger partial charge is 0.461 e. The van der Waals surface area contributed by atoms with Crippen LogP contribution in [0.5, 0.6) is 0 Å². The van der Waals surface area contributed by atoms with E-state index in [4.69, 9.17) is 4.74 Å². The predicted molar refractivity (Wildman–Crippen MR) is 106 cm³/mol. The molecule has 1 aliphatic heterocycles. The van der Waals surface area contributed by atoms with Crippen LogP contribution in [0.4, 0.5) is 0 Å².